The van der Waals surface area contributed by atoms with Crippen molar-refractivity contribution in [3.8, 4) is 0 Å². The topological polar surface area (TPSA) is 60.3 Å². The Bertz CT molecular complexity index is 698. The molecule has 0 saturated carbocycles. The van der Waals surface area contributed by atoms with Crippen molar-refractivity contribution in [3.63, 3.8) is 0 Å². The van der Waals surface area contributed by atoms with Gasteiger partial charge in [0.1, 0.15) is 6.61 Å². The number of rotatable bonds is 4. The minimum Gasteiger partial charge on any atom is -0.322 e. The molecule has 0 saturated heterocycles. The molecular weight excluding hydrogens is 351 g/mol. The highest BCUT2D eigenvalue weighted by molar-refractivity contribution is 6.39. The molecule has 0 radical (unpaired) electrons. The van der Waals surface area contributed by atoms with E-state index in [2.05, 4.69) is 10.3 Å². The Labute approximate surface area is 150 Å². The first-order valence-electron chi connectivity index (χ1n) is 7.53. The van der Waals surface area contributed by atoms with Crippen LogP contribution in [0.25, 0.3) is 0 Å². The average molecular weight is 369 g/mol. The Morgan fingerprint density at radius 1 is 1.29 bits per heavy atom. The van der Waals surface area contributed by atoms with Gasteiger partial charge in [0.05, 0.1) is 41.1 Å². The number of nitrogens with one attached hydrogen (secondary N) is 1. The second-order valence-electron chi connectivity index (χ2n) is 5.53. The summed E-state index contributed by atoms with van der Waals surface area (Å²) in [6.07, 6.45) is 3.80. The van der Waals surface area contributed by atoms with Crippen molar-refractivity contribution in [1.29, 1.82) is 0 Å². The van der Waals surface area contributed by atoms with Gasteiger partial charge in [-0.15, -0.1) is 0 Å². The number of nitrogens with zero attached hydrogens (tertiary/aromatic N) is 3. The van der Waals surface area contributed by atoms with Gasteiger partial charge in [-0.3, -0.25) is 15.1 Å². The number of anilines is 1. The van der Waals surface area contributed by atoms with Crippen molar-refractivity contribution in [3.05, 3.63) is 51.7 Å². The van der Waals surface area contributed by atoms with Gasteiger partial charge < -0.3 is 5.32 Å². The van der Waals surface area contributed by atoms with E-state index in [4.69, 9.17) is 28.0 Å². The summed E-state index contributed by atoms with van der Waals surface area (Å²) in [7, 11) is 0. The van der Waals surface area contributed by atoms with E-state index in [9.17, 15) is 5.21 Å². The number of hydrogen-bond acceptors (Lipinski definition) is 6. The Morgan fingerprint density at radius 3 is 2.75 bits per heavy atom. The van der Waals surface area contributed by atoms with E-state index >= 15 is 0 Å². The maximum atomic E-state index is 9.93. The molecule has 1 aromatic carbocycles. The van der Waals surface area contributed by atoms with Gasteiger partial charge in [-0.1, -0.05) is 40.9 Å². The zero-order valence-electron chi connectivity index (χ0n) is 13.2. The fraction of sp³-hybridized carbons (Fsp3) is 0.312. The van der Waals surface area contributed by atoms with Crippen molar-refractivity contribution < 1.29 is 10.0 Å². The Hall–Kier alpha value is -1.73. The summed E-state index contributed by atoms with van der Waals surface area (Å²) < 4.78 is 0. The first-order chi connectivity index (χ1) is 11.5. The Morgan fingerprint density at radius 2 is 2.04 bits per heavy atom. The van der Waals surface area contributed by atoms with Gasteiger partial charge in [-0.2, -0.15) is 0 Å². The van der Waals surface area contributed by atoms with Crippen LogP contribution >= 0.6 is 23.2 Å². The molecule has 8 heteroatoms. The smallest absolute Gasteiger partial charge is 0.223 e. The number of hydrogen-bond donors (Lipinski definition) is 2. The van der Waals surface area contributed by atoms with Gasteiger partial charge >= 0.3 is 0 Å². The first kappa shape index (κ1) is 17.1. The maximum Gasteiger partial charge on any atom is 0.223 e. The van der Waals surface area contributed by atoms with E-state index in [1.807, 2.05) is 19.1 Å². The zero-order chi connectivity index (χ0) is 17.1. The van der Waals surface area contributed by atoms with Crippen LogP contribution in [0.1, 0.15) is 6.92 Å². The second kappa shape index (κ2) is 7.44. The third-order valence-corrected chi connectivity index (χ3v) is 4.29. The van der Waals surface area contributed by atoms with Crippen LogP contribution in [-0.2, 0) is 4.84 Å². The van der Waals surface area contributed by atoms with Crippen LogP contribution in [0, 0.1) is 0 Å². The first-order valence-corrected chi connectivity index (χ1v) is 8.29. The van der Waals surface area contributed by atoms with Crippen LogP contribution in [0.2, 0.25) is 10.0 Å². The van der Waals surface area contributed by atoms with Crippen LogP contribution in [0.5, 0.6) is 0 Å². The van der Waals surface area contributed by atoms with Crippen molar-refractivity contribution in [2.75, 3.05) is 31.6 Å². The minimum atomic E-state index is 0.233. The molecule has 0 bridgehead atoms. The average Bonchev–Trinajstić information content (AvgIpc) is 2.97. The second-order valence-corrected chi connectivity index (χ2v) is 6.35. The van der Waals surface area contributed by atoms with E-state index in [1.54, 1.807) is 23.3 Å². The van der Waals surface area contributed by atoms with Crippen LogP contribution < -0.4 is 5.32 Å². The lowest BCUT2D eigenvalue weighted by Crippen LogP contribution is -2.36. The summed E-state index contributed by atoms with van der Waals surface area (Å²) in [6, 6.07) is 5.28. The number of hydroxylamine groups is 4. The molecule has 0 amide bonds. The lowest BCUT2D eigenvalue weighted by atomic mass is 10.2. The van der Waals surface area contributed by atoms with Crippen molar-refractivity contribution >= 4 is 34.8 Å². The van der Waals surface area contributed by atoms with Crippen molar-refractivity contribution in [2.24, 2.45) is 4.99 Å². The maximum absolute atomic E-state index is 9.93. The fourth-order valence-corrected chi connectivity index (χ4v) is 2.86. The highest BCUT2D eigenvalue weighted by atomic mass is 35.5. The molecule has 0 unspecified atom stereocenters. The van der Waals surface area contributed by atoms with Gasteiger partial charge in [0.25, 0.3) is 0 Å². The molecule has 0 atom stereocenters. The van der Waals surface area contributed by atoms with Gasteiger partial charge in [0, 0.05) is 0 Å². The SMILES string of the molecule is CC1=CC=C(CON2CCN=C2Nc2c(Cl)cccc2Cl)N(O)C1. The highest BCUT2D eigenvalue weighted by Gasteiger charge is 2.21. The molecule has 0 aromatic heterocycles. The third kappa shape index (κ3) is 3.84. The molecule has 6 nitrogen and oxygen atoms in total. The third-order valence-electron chi connectivity index (χ3n) is 3.66. The monoisotopic (exact) mass is 368 g/mol. The summed E-state index contributed by atoms with van der Waals surface area (Å²) >= 11 is 12.3. The number of aliphatic imine (C=N–C) groups is 1. The molecule has 2 heterocycles. The molecule has 0 spiro atoms. The highest BCUT2D eigenvalue weighted by Crippen LogP contribution is 2.30. The van der Waals surface area contributed by atoms with Crippen LogP contribution in [-0.4, -0.2) is 47.5 Å². The molecular formula is C16H18Cl2N4O2. The number of halogens is 2. The summed E-state index contributed by atoms with van der Waals surface area (Å²) in [4.78, 5) is 10.1. The molecule has 2 aliphatic rings. The quantitative estimate of drug-likeness (QED) is 0.850. The van der Waals surface area contributed by atoms with Gasteiger partial charge in [0.2, 0.25) is 5.96 Å². The van der Waals surface area contributed by atoms with E-state index in [-0.39, 0.29) is 6.61 Å². The van der Waals surface area contributed by atoms with Crippen LogP contribution in [0.4, 0.5) is 5.69 Å². The molecule has 0 fully saturated rings. The molecule has 2 N–H and O–H groups in total. The number of para-hydroxylation sites is 1. The summed E-state index contributed by atoms with van der Waals surface area (Å²) in [5.74, 6) is 0.539. The summed E-state index contributed by atoms with van der Waals surface area (Å²) in [6.45, 7) is 3.88. The van der Waals surface area contributed by atoms with E-state index < -0.39 is 0 Å². The van der Waals surface area contributed by atoms with E-state index in [0.717, 1.165) is 5.57 Å². The molecule has 24 heavy (non-hydrogen) atoms. The Kier molecular flexibility index (Phi) is 5.30. The Balaban J connectivity index is 1.64. The minimum absolute atomic E-state index is 0.233. The van der Waals surface area contributed by atoms with Crippen LogP contribution in [0.3, 0.4) is 0 Å². The summed E-state index contributed by atoms with van der Waals surface area (Å²) in [5.41, 5.74) is 2.36. The summed E-state index contributed by atoms with van der Waals surface area (Å²) in [5, 5.41) is 16.9. The molecule has 128 valence electrons. The fourth-order valence-electron chi connectivity index (χ4n) is 2.37. The van der Waals surface area contributed by atoms with Gasteiger partial charge in [0.15, 0.2) is 0 Å². The van der Waals surface area contributed by atoms with Crippen molar-refractivity contribution in [2.45, 2.75) is 6.92 Å². The lowest BCUT2D eigenvalue weighted by Gasteiger charge is -2.26. The predicted molar refractivity (Wildman–Crippen MR) is 95.4 cm³/mol. The largest absolute Gasteiger partial charge is 0.322 e. The normalized spacial score (nSPS) is 17.6. The molecule has 2 aliphatic heterocycles. The standard InChI is InChI=1S/C16H18Cl2N4O2/c1-11-5-6-12(21(23)9-11)10-24-22-8-7-19-16(22)20-15-13(17)3-2-4-14(15)18/h2-6,23H,7-10H2,1H3,(H,19,20). The van der Waals surface area contributed by atoms with Crippen LogP contribution in [0.15, 0.2) is 46.6 Å². The zero-order valence-corrected chi connectivity index (χ0v) is 14.7. The van der Waals surface area contributed by atoms with E-state index in [0.29, 0.717) is 47.0 Å². The molecule has 1 aromatic rings. The van der Waals surface area contributed by atoms with Gasteiger partial charge in [-0.25, -0.2) is 10.1 Å². The lowest BCUT2D eigenvalue weighted by molar-refractivity contribution is -0.115. The molecule has 3 rings (SSSR count). The number of benzene rings is 1. The van der Waals surface area contributed by atoms with Gasteiger partial charge in [-0.05, 0) is 25.1 Å². The van der Waals surface area contributed by atoms with Crippen molar-refractivity contribution in [1.82, 2.24) is 10.1 Å². The van der Waals surface area contributed by atoms with E-state index in [1.165, 1.54) is 5.06 Å². The molecule has 0 aliphatic carbocycles. The predicted octanol–water partition coefficient (Wildman–Crippen LogP) is 3.54. The number of allylic oxidation sites excluding steroid dienone is 2. The number of guanidine groups is 1.